The van der Waals surface area contributed by atoms with Crippen LogP contribution in [-0.2, 0) is 0 Å². The molecule has 108 valence electrons. The molecule has 0 unspecified atom stereocenters. The predicted molar refractivity (Wildman–Crippen MR) is 73.5 cm³/mol. The monoisotopic (exact) mass is 287 g/mol. The van der Waals surface area contributed by atoms with Gasteiger partial charge in [0.2, 0.25) is 0 Å². The molecule has 7 heteroatoms. The second kappa shape index (κ2) is 6.00. The molecule has 2 heterocycles. The van der Waals surface area contributed by atoms with E-state index in [9.17, 15) is 9.59 Å². The van der Waals surface area contributed by atoms with Gasteiger partial charge in [0.25, 0.3) is 5.91 Å². The summed E-state index contributed by atoms with van der Waals surface area (Å²) in [6.07, 6.45) is 4.09. The van der Waals surface area contributed by atoms with Crippen LogP contribution in [0.3, 0.4) is 0 Å². The van der Waals surface area contributed by atoms with Crippen molar-refractivity contribution in [3.05, 3.63) is 48.0 Å². The quantitative estimate of drug-likeness (QED) is 0.919. The first kappa shape index (κ1) is 14.4. The number of amides is 1. The molecule has 0 aliphatic carbocycles. The topological polar surface area (TPSA) is 92.6 Å². The molecule has 7 nitrogen and oxygen atoms in total. The van der Waals surface area contributed by atoms with Crippen LogP contribution in [0.4, 0.5) is 0 Å². The summed E-state index contributed by atoms with van der Waals surface area (Å²) < 4.78 is 5.49. The van der Waals surface area contributed by atoms with E-state index in [2.05, 4.69) is 9.97 Å². The van der Waals surface area contributed by atoms with Crippen molar-refractivity contribution >= 4 is 11.9 Å². The summed E-state index contributed by atoms with van der Waals surface area (Å²) in [5.41, 5.74) is 0.195. The van der Waals surface area contributed by atoms with E-state index in [-0.39, 0.29) is 22.9 Å². The van der Waals surface area contributed by atoms with Crippen LogP contribution in [0.5, 0.6) is 11.5 Å². The molecule has 0 saturated carbocycles. The number of aromatic nitrogens is 2. The lowest BCUT2D eigenvalue weighted by atomic mass is 10.2. The number of ether oxygens (including phenoxy) is 1. The Morgan fingerprint density at radius 3 is 2.67 bits per heavy atom. The number of carboxylic acids is 1. The summed E-state index contributed by atoms with van der Waals surface area (Å²) in [5, 5.41) is 9.08. The second-order valence-electron chi connectivity index (χ2n) is 4.36. The second-order valence-corrected chi connectivity index (χ2v) is 4.36. The van der Waals surface area contributed by atoms with E-state index < -0.39 is 5.97 Å². The summed E-state index contributed by atoms with van der Waals surface area (Å²) >= 11 is 0. The zero-order valence-electron chi connectivity index (χ0n) is 11.5. The Morgan fingerprint density at radius 2 is 2.00 bits per heavy atom. The zero-order valence-corrected chi connectivity index (χ0v) is 11.5. The third-order valence-electron chi connectivity index (χ3n) is 2.60. The number of hydrogen-bond acceptors (Lipinski definition) is 5. The maximum atomic E-state index is 11.8. The third-order valence-corrected chi connectivity index (χ3v) is 2.60. The van der Waals surface area contributed by atoms with Gasteiger partial charge in [-0.05, 0) is 12.1 Å². The van der Waals surface area contributed by atoms with Crippen molar-refractivity contribution in [1.82, 2.24) is 14.9 Å². The lowest BCUT2D eigenvalue weighted by Gasteiger charge is -2.11. The molecule has 1 N–H and O–H groups in total. The largest absolute Gasteiger partial charge is 0.478 e. The number of carbonyl (C=O) groups excluding carboxylic acids is 1. The van der Waals surface area contributed by atoms with Gasteiger partial charge in [0.1, 0.15) is 17.0 Å². The molecule has 0 saturated heterocycles. The zero-order chi connectivity index (χ0) is 15.4. The molecular formula is C14H13N3O4. The van der Waals surface area contributed by atoms with Crippen LogP contribution in [0, 0.1) is 0 Å². The van der Waals surface area contributed by atoms with E-state index in [1.54, 1.807) is 14.1 Å². The molecule has 0 aromatic carbocycles. The molecule has 2 aromatic heterocycles. The highest BCUT2D eigenvalue weighted by atomic mass is 16.5. The highest BCUT2D eigenvalue weighted by Crippen LogP contribution is 2.24. The normalized spacial score (nSPS) is 10.0. The Morgan fingerprint density at radius 1 is 1.24 bits per heavy atom. The average molecular weight is 287 g/mol. The molecule has 0 atom stereocenters. The molecule has 0 aliphatic heterocycles. The van der Waals surface area contributed by atoms with Crippen LogP contribution in [0.15, 0.2) is 36.8 Å². The fraction of sp³-hybridized carbons (Fsp3) is 0.143. The number of rotatable bonds is 4. The molecule has 0 spiro atoms. The maximum absolute atomic E-state index is 11.8. The fourth-order valence-corrected chi connectivity index (χ4v) is 1.59. The SMILES string of the molecule is CN(C)C(=O)c1cc(Oc2cnccc2C(=O)O)ccn1. The number of aromatic carboxylic acids is 1. The van der Waals surface area contributed by atoms with E-state index in [0.29, 0.717) is 5.75 Å². The summed E-state index contributed by atoms with van der Waals surface area (Å²) in [7, 11) is 3.22. The Balaban J connectivity index is 2.31. The van der Waals surface area contributed by atoms with Crippen molar-refractivity contribution in [3.63, 3.8) is 0 Å². The summed E-state index contributed by atoms with van der Waals surface area (Å²) in [6, 6.07) is 4.32. The molecule has 21 heavy (non-hydrogen) atoms. The molecule has 2 aromatic rings. The Hall–Kier alpha value is -2.96. The van der Waals surface area contributed by atoms with E-state index in [1.807, 2.05) is 0 Å². The molecular weight excluding hydrogens is 274 g/mol. The summed E-state index contributed by atoms with van der Waals surface area (Å²) in [4.78, 5) is 32.1. The van der Waals surface area contributed by atoms with E-state index in [1.165, 1.54) is 41.7 Å². The van der Waals surface area contributed by atoms with Gasteiger partial charge < -0.3 is 14.7 Å². The summed E-state index contributed by atoms with van der Waals surface area (Å²) in [5.74, 6) is -0.985. The van der Waals surface area contributed by atoms with Crippen LogP contribution in [0.25, 0.3) is 0 Å². The van der Waals surface area contributed by atoms with E-state index in [4.69, 9.17) is 9.84 Å². The maximum Gasteiger partial charge on any atom is 0.339 e. The Kier molecular flexibility index (Phi) is 4.13. The number of carboxylic acid groups (broad SMARTS) is 1. The van der Waals surface area contributed by atoms with Crippen molar-refractivity contribution in [2.45, 2.75) is 0 Å². The summed E-state index contributed by atoms with van der Waals surface area (Å²) in [6.45, 7) is 0. The minimum Gasteiger partial charge on any atom is -0.478 e. The first-order valence-corrected chi connectivity index (χ1v) is 6.02. The number of hydrogen-bond donors (Lipinski definition) is 1. The fourth-order valence-electron chi connectivity index (χ4n) is 1.59. The van der Waals surface area contributed by atoms with Crippen molar-refractivity contribution in [2.75, 3.05) is 14.1 Å². The van der Waals surface area contributed by atoms with Crippen molar-refractivity contribution in [3.8, 4) is 11.5 Å². The van der Waals surface area contributed by atoms with Crippen molar-refractivity contribution in [2.24, 2.45) is 0 Å². The standard InChI is InChI=1S/C14H13N3O4/c1-17(2)13(18)11-7-9(3-6-16-11)21-12-8-15-5-4-10(12)14(19)20/h3-8H,1-2H3,(H,19,20). The van der Waals surface area contributed by atoms with Crippen LogP contribution >= 0.6 is 0 Å². The lowest BCUT2D eigenvalue weighted by molar-refractivity contribution is 0.0693. The highest BCUT2D eigenvalue weighted by molar-refractivity contribution is 5.92. The van der Waals surface area contributed by atoms with E-state index >= 15 is 0 Å². The minimum absolute atomic E-state index is 0.0118. The first-order valence-electron chi connectivity index (χ1n) is 6.02. The van der Waals surface area contributed by atoms with E-state index in [0.717, 1.165) is 0 Å². The van der Waals surface area contributed by atoms with Crippen molar-refractivity contribution < 1.29 is 19.4 Å². The van der Waals surface area contributed by atoms with Crippen molar-refractivity contribution in [1.29, 1.82) is 0 Å². The van der Waals surface area contributed by atoms with Gasteiger partial charge in [-0.1, -0.05) is 0 Å². The minimum atomic E-state index is -1.12. The van der Waals surface area contributed by atoms with Gasteiger partial charge in [-0.15, -0.1) is 0 Å². The number of nitrogens with zero attached hydrogens (tertiary/aromatic N) is 3. The molecule has 0 aliphatic rings. The van der Waals surface area contributed by atoms with Crippen LogP contribution in [0.1, 0.15) is 20.8 Å². The van der Waals surface area contributed by atoms with Gasteiger partial charge in [-0.3, -0.25) is 14.8 Å². The predicted octanol–water partition coefficient (Wildman–Crippen LogP) is 1.67. The smallest absolute Gasteiger partial charge is 0.339 e. The van der Waals surface area contributed by atoms with Gasteiger partial charge >= 0.3 is 5.97 Å². The third kappa shape index (κ3) is 3.33. The number of pyridine rings is 2. The Bertz CT molecular complexity index is 685. The molecule has 0 fully saturated rings. The van der Waals surface area contributed by atoms with Gasteiger partial charge in [-0.2, -0.15) is 0 Å². The number of carbonyl (C=O) groups is 2. The molecule has 1 amide bonds. The highest BCUT2D eigenvalue weighted by Gasteiger charge is 2.14. The molecule has 0 bridgehead atoms. The molecule has 2 rings (SSSR count). The van der Waals surface area contributed by atoms with Crippen LogP contribution in [-0.4, -0.2) is 45.9 Å². The van der Waals surface area contributed by atoms with Crippen LogP contribution < -0.4 is 4.74 Å². The van der Waals surface area contributed by atoms with Gasteiger partial charge in [0.15, 0.2) is 5.75 Å². The lowest BCUT2D eigenvalue weighted by Crippen LogP contribution is -2.22. The molecule has 0 radical (unpaired) electrons. The first-order chi connectivity index (χ1) is 9.99. The van der Waals surface area contributed by atoms with Gasteiger partial charge in [0, 0.05) is 32.6 Å². The Labute approximate surface area is 120 Å². The van der Waals surface area contributed by atoms with Gasteiger partial charge in [0.05, 0.1) is 6.20 Å². The van der Waals surface area contributed by atoms with Crippen LogP contribution in [0.2, 0.25) is 0 Å². The van der Waals surface area contributed by atoms with Gasteiger partial charge in [-0.25, -0.2) is 4.79 Å². The average Bonchev–Trinajstić information content (AvgIpc) is 2.47.